The van der Waals surface area contributed by atoms with Crippen molar-refractivity contribution in [2.24, 2.45) is 0 Å². The minimum atomic E-state index is -0.465. The van der Waals surface area contributed by atoms with E-state index in [-0.39, 0.29) is 5.58 Å². The summed E-state index contributed by atoms with van der Waals surface area (Å²) >= 11 is 0. The molecule has 0 bridgehead atoms. The first kappa shape index (κ1) is 20.0. The van der Waals surface area contributed by atoms with Gasteiger partial charge in [-0.3, -0.25) is 0 Å². The van der Waals surface area contributed by atoms with Crippen LogP contribution in [0.5, 0.6) is 0 Å². The zero-order chi connectivity index (χ0) is 23.1. The number of fused-ring (bicyclic) bond motifs is 3. The van der Waals surface area contributed by atoms with E-state index >= 15 is 0 Å². The van der Waals surface area contributed by atoms with Gasteiger partial charge < -0.3 is 4.42 Å². The Labute approximate surface area is 194 Å². The van der Waals surface area contributed by atoms with Crippen LogP contribution in [0.25, 0.3) is 55.6 Å². The molecule has 0 N–H and O–H groups in total. The van der Waals surface area contributed by atoms with Crippen LogP contribution in [0.1, 0.15) is 0 Å². The van der Waals surface area contributed by atoms with Crippen molar-refractivity contribution in [2.75, 3.05) is 0 Å². The van der Waals surface area contributed by atoms with Crippen LogP contribution in [-0.2, 0) is 0 Å². The number of aromatic nitrogens is 2. The summed E-state index contributed by atoms with van der Waals surface area (Å²) in [4.78, 5) is 20.5. The van der Waals surface area contributed by atoms with Gasteiger partial charge in [0.05, 0.1) is 22.4 Å². The summed E-state index contributed by atoms with van der Waals surface area (Å²) in [5.74, 6) is -0.406. The van der Waals surface area contributed by atoms with Gasteiger partial charge in [-0.05, 0) is 47.5 Å². The summed E-state index contributed by atoms with van der Waals surface area (Å²) in [7, 11) is 0. The van der Waals surface area contributed by atoms with Crippen molar-refractivity contribution >= 4 is 22.0 Å². The highest BCUT2D eigenvalue weighted by Gasteiger charge is 2.23. The van der Waals surface area contributed by atoms with E-state index in [1.54, 1.807) is 12.1 Å². The lowest BCUT2D eigenvalue weighted by atomic mass is 9.84. The Bertz CT molecular complexity index is 1700. The number of halogens is 1. The second kappa shape index (κ2) is 8.05. The van der Waals surface area contributed by atoms with Gasteiger partial charge in [0.15, 0.2) is 0 Å². The Hall–Kier alpha value is -4.64. The number of rotatable bonds is 2. The highest BCUT2D eigenvalue weighted by molar-refractivity contribution is 5.99. The topological polar surface area (TPSA) is 56.0 Å². The summed E-state index contributed by atoms with van der Waals surface area (Å²) < 4.78 is 17.4. The Kier molecular flexibility index (Phi) is 4.73. The largest absolute Gasteiger partial charge is 0.423 e. The third-order valence-corrected chi connectivity index (χ3v) is 5.79. The SMILES string of the molecule is O=c1ccc2ccc(F)cc2o1.c1ccc(-c2nc3ccccc3nc2-c2cc3ccc2-3)cc1. The maximum atomic E-state index is 12.6. The monoisotopic (exact) mass is 444 g/mol. The van der Waals surface area contributed by atoms with Crippen molar-refractivity contribution in [1.82, 2.24) is 9.97 Å². The standard InChI is InChI=1S/C20H12N2.C9H5FO2/c1-2-6-13(7-3-1)19-20(16-12-14-10-11-15(14)16)22-18-9-5-4-8-17(18)21-19;10-7-3-1-6-2-4-9(11)12-8(6)5-7/h1-12H;1-5H. The van der Waals surface area contributed by atoms with E-state index in [0.717, 1.165) is 33.4 Å². The second-order valence-electron chi connectivity index (χ2n) is 7.97. The van der Waals surface area contributed by atoms with Crippen molar-refractivity contribution < 1.29 is 8.81 Å². The quantitative estimate of drug-likeness (QED) is 0.273. The zero-order valence-electron chi connectivity index (χ0n) is 17.9. The van der Waals surface area contributed by atoms with Crippen molar-refractivity contribution in [2.45, 2.75) is 0 Å². The van der Waals surface area contributed by atoms with Crippen LogP contribution in [0.2, 0.25) is 0 Å². The van der Waals surface area contributed by atoms with E-state index in [4.69, 9.17) is 14.4 Å². The van der Waals surface area contributed by atoms with Gasteiger partial charge in [0.2, 0.25) is 0 Å². The van der Waals surface area contributed by atoms with E-state index in [2.05, 4.69) is 30.3 Å². The van der Waals surface area contributed by atoms with Crippen LogP contribution >= 0.6 is 0 Å². The fourth-order valence-electron chi connectivity index (χ4n) is 4.01. The number of para-hydroxylation sites is 2. The summed E-state index contributed by atoms with van der Waals surface area (Å²) in [6, 6.07) is 31.8. The summed E-state index contributed by atoms with van der Waals surface area (Å²) in [6.45, 7) is 0. The van der Waals surface area contributed by atoms with Gasteiger partial charge in [0, 0.05) is 28.6 Å². The van der Waals surface area contributed by atoms with Crippen LogP contribution < -0.4 is 5.63 Å². The molecule has 2 aromatic heterocycles. The first-order chi connectivity index (χ1) is 16.7. The minimum Gasteiger partial charge on any atom is -0.423 e. The van der Waals surface area contributed by atoms with Crippen molar-refractivity contribution in [3.63, 3.8) is 0 Å². The maximum absolute atomic E-state index is 12.6. The number of benzene rings is 4. The minimum absolute atomic E-state index is 0.280. The van der Waals surface area contributed by atoms with Crippen LogP contribution in [0.15, 0.2) is 112 Å². The first-order valence-corrected chi connectivity index (χ1v) is 10.8. The third-order valence-electron chi connectivity index (χ3n) is 5.79. The molecule has 0 radical (unpaired) electrons. The van der Waals surface area contributed by atoms with Crippen LogP contribution in [-0.4, -0.2) is 9.97 Å². The molecule has 34 heavy (non-hydrogen) atoms. The Balaban J connectivity index is 0.000000154. The van der Waals surface area contributed by atoms with Crippen LogP contribution in [0.4, 0.5) is 4.39 Å². The molecule has 0 atom stereocenters. The highest BCUT2D eigenvalue weighted by atomic mass is 19.1. The lowest BCUT2D eigenvalue weighted by molar-refractivity contribution is 0.554. The fourth-order valence-corrected chi connectivity index (χ4v) is 4.01. The van der Waals surface area contributed by atoms with Crippen molar-refractivity contribution in [3.8, 4) is 33.6 Å². The van der Waals surface area contributed by atoms with Gasteiger partial charge in [-0.2, -0.15) is 0 Å². The third kappa shape index (κ3) is 3.53. The van der Waals surface area contributed by atoms with Gasteiger partial charge in [0.25, 0.3) is 0 Å². The molecular weight excluding hydrogens is 427 g/mol. The van der Waals surface area contributed by atoms with Gasteiger partial charge in [0.1, 0.15) is 11.4 Å². The Morgan fingerprint density at radius 3 is 2.00 bits per heavy atom. The lowest BCUT2D eigenvalue weighted by Crippen LogP contribution is -2.01. The molecule has 4 nitrogen and oxygen atoms in total. The average Bonchev–Trinajstić information content (AvgIpc) is 2.85. The predicted molar refractivity (Wildman–Crippen MR) is 132 cm³/mol. The van der Waals surface area contributed by atoms with Gasteiger partial charge in [-0.25, -0.2) is 19.2 Å². The lowest BCUT2D eigenvalue weighted by Gasteiger charge is -2.22. The molecule has 0 spiro atoms. The zero-order valence-corrected chi connectivity index (χ0v) is 17.9. The maximum Gasteiger partial charge on any atom is 0.336 e. The van der Waals surface area contributed by atoms with Crippen molar-refractivity contribution in [1.29, 1.82) is 0 Å². The fraction of sp³-hybridized carbons (Fsp3) is 0. The highest BCUT2D eigenvalue weighted by Crippen LogP contribution is 2.45. The van der Waals surface area contributed by atoms with Gasteiger partial charge >= 0.3 is 5.63 Å². The second-order valence-corrected chi connectivity index (χ2v) is 7.97. The molecular formula is C29H17FN2O2. The molecule has 162 valence electrons. The van der Waals surface area contributed by atoms with Crippen LogP contribution in [0.3, 0.4) is 0 Å². The Morgan fingerprint density at radius 1 is 0.618 bits per heavy atom. The molecule has 0 aliphatic heterocycles. The smallest absolute Gasteiger partial charge is 0.336 e. The summed E-state index contributed by atoms with van der Waals surface area (Å²) in [5.41, 5.74) is 8.56. The summed E-state index contributed by atoms with van der Waals surface area (Å²) in [5, 5.41) is 0.719. The van der Waals surface area contributed by atoms with E-state index in [9.17, 15) is 9.18 Å². The first-order valence-electron chi connectivity index (χ1n) is 10.8. The molecule has 5 heteroatoms. The summed E-state index contributed by atoms with van der Waals surface area (Å²) in [6.07, 6.45) is 0. The molecule has 5 aromatic rings. The predicted octanol–water partition coefficient (Wildman–Crippen LogP) is 6.88. The molecule has 0 amide bonds. The van der Waals surface area contributed by atoms with Crippen LogP contribution in [0, 0.1) is 5.82 Å². The van der Waals surface area contributed by atoms with E-state index in [0.29, 0.717) is 0 Å². The van der Waals surface area contributed by atoms with E-state index in [1.807, 2.05) is 42.5 Å². The molecule has 7 rings (SSSR count). The van der Waals surface area contributed by atoms with Gasteiger partial charge in [-0.1, -0.05) is 54.6 Å². The molecule has 0 saturated heterocycles. The molecule has 2 aliphatic rings. The molecule has 0 saturated carbocycles. The average molecular weight is 444 g/mol. The number of hydrogen-bond acceptors (Lipinski definition) is 4. The normalized spacial score (nSPS) is 11.2. The molecule has 0 unspecified atom stereocenters. The van der Waals surface area contributed by atoms with Crippen molar-refractivity contribution in [3.05, 3.63) is 119 Å². The number of hydrogen-bond donors (Lipinski definition) is 0. The molecule has 2 heterocycles. The van der Waals surface area contributed by atoms with E-state index in [1.165, 1.54) is 34.9 Å². The molecule has 2 aliphatic carbocycles. The Morgan fingerprint density at radius 2 is 1.32 bits per heavy atom. The number of nitrogens with zero attached hydrogens (tertiary/aromatic N) is 2. The van der Waals surface area contributed by atoms with E-state index < -0.39 is 11.4 Å². The molecule has 3 aromatic carbocycles. The van der Waals surface area contributed by atoms with Gasteiger partial charge in [-0.15, -0.1) is 0 Å². The molecule has 0 fully saturated rings.